The first-order valence-electron chi connectivity index (χ1n) is 9.29. The highest BCUT2D eigenvalue weighted by Crippen LogP contribution is 2.16. The van der Waals surface area contributed by atoms with Gasteiger partial charge in [-0.05, 0) is 48.4 Å². The molecule has 6 nitrogen and oxygen atoms in total. The molecule has 29 heavy (non-hydrogen) atoms. The standard InChI is InChI=1S/C22H22ClN3O3/c1-3-11-26(21(27)10-7-15-5-4-6-17(12-15)29-2)14-20-24-19-13-16(23)8-9-18(19)22(28)25-20/h4-10,12-13H,3,11,14H2,1-2H3,(H,24,25,28)/b10-7+. The molecule has 3 rings (SSSR count). The SMILES string of the molecule is CCCN(Cc1nc2cc(Cl)ccc2c(=O)[nH]1)C(=O)/C=C/c1cccc(OC)c1. The first-order valence-corrected chi connectivity index (χ1v) is 9.67. The summed E-state index contributed by atoms with van der Waals surface area (Å²) >= 11 is 6.02. The van der Waals surface area contributed by atoms with E-state index in [1.165, 1.54) is 6.08 Å². The van der Waals surface area contributed by atoms with Gasteiger partial charge in [0.05, 0.1) is 24.6 Å². The maximum Gasteiger partial charge on any atom is 0.258 e. The number of methoxy groups -OCH3 is 1. The Morgan fingerprint density at radius 2 is 2.10 bits per heavy atom. The number of H-pyrrole nitrogens is 1. The van der Waals surface area contributed by atoms with Crippen LogP contribution in [0, 0.1) is 0 Å². The second kappa shape index (κ2) is 9.39. The molecule has 0 spiro atoms. The van der Waals surface area contributed by atoms with Gasteiger partial charge in [-0.2, -0.15) is 0 Å². The lowest BCUT2D eigenvalue weighted by atomic mass is 10.2. The fourth-order valence-electron chi connectivity index (χ4n) is 2.97. The number of aromatic nitrogens is 2. The number of hydrogen-bond donors (Lipinski definition) is 1. The van der Waals surface area contributed by atoms with Crippen molar-refractivity contribution < 1.29 is 9.53 Å². The summed E-state index contributed by atoms with van der Waals surface area (Å²) in [6, 6.07) is 12.4. The second-order valence-corrected chi connectivity index (χ2v) is 6.98. The monoisotopic (exact) mass is 411 g/mol. The number of rotatable bonds is 7. The summed E-state index contributed by atoms with van der Waals surface area (Å²) in [5.41, 5.74) is 1.12. The molecular formula is C22H22ClN3O3. The summed E-state index contributed by atoms with van der Waals surface area (Å²) in [4.78, 5) is 33.9. The molecular weight excluding hydrogens is 390 g/mol. The fraction of sp³-hybridized carbons (Fsp3) is 0.227. The predicted molar refractivity (Wildman–Crippen MR) is 115 cm³/mol. The average Bonchev–Trinajstić information content (AvgIpc) is 2.71. The number of carbonyl (C=O) groups excluding carboxylic acids is 1. The molecule has 0 aliphatic rings. The number of aromatic amines is 1. The Morgan fingerprint density at radius 1 is 1.28 bits per heavy atom. The zero-order valence-electron chi connectivity index (χ0n) is 16.3. The Kier molecular flexibility index (Phi) is 6.67. The Hall–Kier alpha value is -3.12. The minimum Gasteiger partial charge on any atom is -0.497 e. The Bertz CT molecular complexity index is 1110. The third-order valence-electron chi connectivity index (χ3n) is 4.38. The molecule has 0 aliphatic heterocycles. The minimum atomic E-state index is -0.252. The summed E-state index contributed by atoms with van der Waals surface area (Å²) in [6.07, 6.45) is 4.03. The van der Waals surface area contributed by atoms with E-state index in [1.54, 1.807) is 36.3 Å². The van der Waals surface area contributed by atoms with Gasteiger partial charge in [-0.3, -0.25) is 9.59 Å². The maximum absolute atomic E-state index is 12.7. The van der Waals surface area contributed by atoms with Gasteiger partial charge in [-0.15, -0.1) is 0 Å². The molecule has 0 aliphatic carbocycles. The van der Waals surface area contributed by atoms with E-state index >= 15 is 0 Å². The van der Waals surface area contributed by atoms with Crippen LogP contribution in [0.2, 0.25) is 5.02 Å². The van der Waals surface area contributed by atoms with Crippen molar-refractivity contribution in [3.05, 3.63) is 75.3 Å². The van der Waals surface area contributed by atoms with E-state index in [9.17, 15) is 9.59 Å². The maximum atomic E-state index is 12.7. The molecule has 0 bridgehead atoms. The third kappa shape index (κ3) is 5.23. The number of amides is 1. The van der Waals surface area contributed by atoms with Crippen LogP contribution in [0.25, 0.3) is 17.0 Å². The lowest BCUT2D eigenvalue weighted by Gasteiger charge is -2.20. The van der Waals surface area contributed by atoms with Crippen molar-refractivity contribution in [3.63, 3.8) is 0 Å². The molecule has 1 N–H and O–H groups in total. The molecule has 0 saturated carbocycles. The van der Waals surface area contributed by atoms with E-state index in [0.717, 1.165) is 17.7 Å². The van der Waals surface area contributed by atoms with E-state index < -0.39 is 0 Å². The Morgan fingerprint density at radius 3 is 2.86 bits per heavy atom. The molecule has 0 radical (unpaired) electrons. The van der Waals surface area contributed by atoms with Gasteiger partial charge < -0.3 is 14.6 Å². The molecule has 3 aromatic rings. The highest BCUT2D eigenvalue weighted by Gasteiger charge is 2.13. The molecule has 150 valence electrons. The number of fused-ring (bicyclic) bond motifs is 1. The van der Waals surface area contributed by atoms with Crippen molar-refractivity contribution in [2.45, 2.75) is 19.9 Å². The average molecular weight is 412 g/mol. The highest BCUT2D eigenvalue weighted by atomic mass is 35.5. The fourth-order valence-corrected chi connectivity index (χ4v) is 3.14. The van der Waals surface area contributed by atoms with Gasteiger partial charge in [0.25, 0.3) is 5.56 Å². The molecule has 1 amide bonds. The van der Waals surface area contributed by atoms with E-state index in [0.29, 0.717) is 28.3 Å². The lowest BCUT2D eigenvalue weighted by Crippen LogP contribution is -2.31. The minimum absolute atomic E-state index is 0.163. The molecule has 1 aromatic heterocycles. The number of halogens is 1. The van der Waals surface area contributed by atoms with Gasteiger partial charge in [-0.25, -0.2) is 4.98 Å². The van der Waals surface area contributed by atoms with Crippen LogP contribution in [-0.2, 0) is 11.3 Å². The number of hydrogen-bond acceptors (Lipinski definition) is 4. The number of ether oxygens (including phenoxy) is 1. The van der Waals surface area contributed by atoms with E-state index in [1.807, 2.05) is 31.2 Å². The zero-order valence-corrected chi connectivity index (χ0v) is 17.1. The molecule has 0 fully saturated rings. The van der Waals surface area contributed by atoms with Crippen LogP contribution in [0.1, 0.15) is 24.7 Å². The van der Waals surface area contributed by atoms with Crippen molar-refractivity contribution in [1.29, 1.82) is 0 Å². The summed E-state index contributed by atoms with van der Waals surface area (Å²) in [6.45, 7) is 2.73. The van der Waals surface area contributed by atoms with E-state index in [4.69, 9.17) is 16.3 Å². The lowest BCUT2D eigenvalue weighted by molar-refractivity contribution is -0.126. The topological polar surface area (TPSA) is 75.3 Å². The Labute approximate surface area is 173 Å². The summed E-state index contributed by atoms with van der Waals surface area (Å²) in [5, 5.41) is 0.966. The van der Waals surface area contributed by atoms with Crippen LogP contribution in [-0.4, -0.2) is 34.4 Å². The molecule has 0 unspecified atom stereocenters. The van der Waals surface area contributed by atoms with Crippen molar-refractivity contribution in [3.8, 4) is 5.75 Å². The van der Waals surface area contributed by atoms with Crippen LogP contribution >= 0.6 is 11.6 Å². The second-order valence-electron chi connectivity index (χ2n) is 6.54. The van der Waals surface area contributed by atoms with Crippen LogP contribution < -0.4 is 10.3 Å². The first-order chi connectivity index (χ1) is 14.0. The first kappa shape index (κ1) is 20.6. The quantitative estimate of drug-likeness (QED) is 0.595. The summed E-state index contributed by atoms with van der Waals surface area (Å²) in [7, 11) is 1.60. The predicted octanol–water partition coefficient (Wildman–Crippen LogP) is 4.04. The van der Waals surface area contributed by atoms with Crippen LogP contribution in [0.3, 0.4) is 0 Å². The van der Waals surface area contributed by atoms with Gasteiger partial charge >= 0.3 is 0 Å². The summed E-state index contributed by atoms with van der Waals surface area (Å²) in [5.74, 6) is 0.978. The van der Waals surface area contributed by atoms with Gasteiger partial charge in [0.15, 0.2) is 0 Å². The van der Waals surface area contributed by atoms with Crippen molar-refractivity contribution >= 4 is 34.5 Å². The number of nitrogens with zero attached hydrogens (tertiary/aromatic N) is 2. The normalized spacial score (nSPS) is 11.1. The van der Waals surface area contributed by atoms with Crippen molar-refractivity contribution in [2.24, 2.45) is 0 Å². The Balaban J connectivity index is 1.82. The van der Waals surface area contributed by atoms with E-state index in [-0.39, 0.29) is 18.0 Å². The van der Waals surface area contributed by atoms with Crippen LogP contribution in [0.5, 0.6) is 5.75 Å². The van der Waals surface area contributed by atoms with Gasteiger partial charge in [0.1, 0.15) is 11.6 Å². The number of carbonyl (C=O) groups is 1. The number of benzene rings is 2. The third-order valence-corrected chi connectivity index (χ3v) is 4.61. The van der Waals surface area contributed by atoms with Gasteiger partial charge in [0, 0.05) is 17.6 Å². The van der Waals surface area contributed by atoms with Gasteiger partial charge in [-0.1, -0.05) is 30.7 Å². The summed E-state index contributed by atoms with van der Waals surface area (Å²) < 4.78 is 5.20. The van der Waals surface area contributed by atoms with E-state index in [2.05, 4.69) is 9.97 Å². The van der Waals surface area contributed by atoms with Crippen molar-refractivity contribution in [2.75, 3.05) is 13.7 Å². The van der Waals surface area contributed by atoms with Crippen LogP contribution in [0.15, 0.2) is 53.3 Å². The molecule has 7 heteroatoms. The highest BCUT2D eigenvalue weighted by molar-refractivity contribution is 6.31. The van der Waals surface area contributed by atoms with Crippen molar-refractivity contribution in [1.82, 2.24) is 14.9 Å². The molecule has 2 aromatic carbocycles. The van der Waals surface area contributed by atoms with Gasteiger partial charge in [0.2, 0.25) is 5.91 Å². The molecule has 0 saturated heterocycles. The van der Waals surface area contributed by atoms with Crippen LogP contribution in [0.4, 0.5) is 0 Å². The smallest absolute Gasteiger partial charge is 0.258 e. The largest absolute Gasteiger partial charge is 0.497 e. The molecule has 0 atom stereocenters. The number of nitrogens with one attached hydrogen (secondary N) is 1. The molecule has 1 heterocycles. The zero-order chi connectivity index (χ0) is 20.8.